The quantitative estimate of drug-likeness (QED) is 0.574. The Morgan fingerprint density at radius 1 is 1.24 bits per heavy atom. The fourth-order valence-electron chi connectivity index (χ4n) is 2.44. The van der Waals surface area contributed by atoms with E-state index in [4.69, 9.17) is 9.26 Å². The minimum absolute atomic E-state index is 0.438. The van der Waals surface area contributed by atoms with Crippen LogP contribution in [0.2, 0.25) is 0 Å². The number of hydrogen-bond acceptors (Lipinski definition) is 7. The number of hydrogen-bond donors (Lipinski definition) is 1. The van der Waals surface area contributed by atoms with Crippen LogP contribution in [-0.2, 0) is 6.42 Å². The number of unbranched alkanes of at least 4 members (excludes halogenated alkanes) is 1. The van der Waals surface area contributed by atoms with E-state index in [2.05, 4.69) is 37.2 Å². The van der Waals surface area contributed by atoms with Crippen molar-refractivity contribution in [3.05, 3.63) is 42.7 Å². The SMILES string of the molecule is CCCCc1nc(-c2cccc(Oc3ncnc4[nH]ncc34)c2)no1. The van der Waals surface area contributed by atoms with E-state index in [0.717, 1.165) is 24.8 Å². The Balaban J connectivity index is 1.59. The van der Waals surface area contributed by atoms with Crippen LogP contribution in [0, 0.1) is 0 Å². The van der Waals surface area contributed by atoms with Crippen molar-refractivity contribution in [2.75, 3.05) is 0 Å². The van der Waals surface area contributed by atoms with Crippen LogP contribution >= 0.6 is 0 Å². The maximum atomic E-state index is 5.89. The molecule has 3 heterocycles. The smallest absolute Gasteiger partial charge is 0.233 e. The lowest BCUT2D eigenvalue weighted by Crippen LogP contribution is -1.91. The summed E-state index contributed by atoms with van der Waals surface area (Å²) in [5.74, 6) is 2.26. The maximum Gasteiger partial charge on any atom is 0.233 e. The highest BCUT2D eigenvalue weighted by Crippen LogP contribution is 2.28. The number of aryl methyl sites for hydroxylation is 1. The highest BCUT2D eigenvalue weighted by Gasteiger charge is 2.11. The Labute approximate surface area is 143 Å². The molecule has 0 bridgehead atoms. The Hall–Kier alpha value is -3.29. The second-order valence-electron chi connectivity index (χ2n) is 5.56. The molecule has 0 amide bonds. The van der Waals surface area contributed by atoms with Gasteiger partial charge in [0.1, 0.15) is 17.5 Å². The molecule has 1 aromatic carbocycles. The van der Waals surface area contributed by atoms with Crippen molar-refractivity contribution in [1.29, 1.82) is 0 Å². The molecule has 0 aliphatic heterocycles. The van der Waals surface area contributed by atoms with Crippen LogP contribution in [-0.4, -0.2) is 30.3 Å². The first-order valence-corrected chi connectivity index (χ1v) is 8.08. The zero-order chi connectivity index (χ0) is 17.1. The molecule has 0 unspecified atom stereocenters. The lowest BCUT2D eigenvalue weighted by Gasteiger charge is -2.05. The Morgan fingerprint density at radius 2 is 2.20 bits per heavy atom. The van der Waals surface area contributed by atoms with Gasteiger partial charge in [-0.25, -0.2) is 9.97 Å². The zero-order valence-corrected chi connectivity index (χ0v) is 13.6. The third kappa shape index (κ3) is 3.18. The topological polar surface area (TPSA) is 103 Å². The monoisotopic (exact) mass is 336 g/mol. The van der Waals surface area contributed by atoms with Crippen molar-refractivity contribution in [1.82, 2.24) is 30.3 Å². The van der Waals surface area contributed by atoms with Gasteiger partial charge in [-0.3, -0.25) is 5.10 Å². The lowest BCUT2D eigenvalue weighted by molar-refractivity contribution is 0.375. The summed E-state index contributed by atoms with van der Waals surface area (Å²) in [6.45, 7) is 2.13. The standard InChI is InChI=1S/C17H16N6O2/c1-2-3-7-14-21-15(23-25-14)11-5-4-6-12(8-11)24-17-13-9-20-22-16(13)18-10-19-17/h4-6,8-10H,2-3,7H2,1H3,(H,18,19,20,22). The van der Waals surface area contributed by atoms with Crippen LogP contribution in [0.15, 0.2) is 41.3 Å². The fraction of sp³-hybridized carbons (Fsp3) is 0.235. The average molecular weight is 336 g/mol. The van der Waals surface area contributed by atoms with Gasteiger partial charge in [0, 0.05) is 12.0 Å². The third-order valence-corrected chi connectivity index (χ3v) is 3.73. The summed E-state index contributed by atoms with van der Waals surface area (Å²) in [7, 11) is 0. The summed E-state index contributed by atoms with van der Waals surface area (Å²) in [4.78, 5) is 12.7. The van der Waals surface area contributed by atoms with E-state index in [1.807, 2.05) is 24.3 Å². The first-order valence-electron chi connectivity index (χ1n) is 8.08. The minimum atomic E-state index is 0.438. The van der Waals surface area contributed by atoms with Gasteiger partial charge in [-0.2, -0.15) is 10.1 Å². The van der Waals surface area contributed by atoms with Crippen LogP contribution in [0.3, 0.4) is 0 Å². The first kappa shape index (κ1) is 15.3. The van der Waals surface area contributed by atoms with Gasteiger partial charge in [-0.05, 0) is 18.6 Å². The molecule has 1 N–H and O–H groups in total. The normalized spacial score (nSPS) is 11.1. The van der Waals surface area contributed by atoms with Gasteiger partial charge >= 0.3 is 0 Å². The number of ether oxygens (including phenoxy) is 1. The number of fused-ring (bicyclic) bond motifs is 1. The second kappa shape index (κ2) is 6.68. The molecule has 0 aliphatic rings. The van der Waals surface area contributed by atoms with E-state index < -0.39 is 0 Å². The number of nitrogens with zero attached hydrogens (tertiary/aromatic N) is 5. The molecule has 0 saturated carbocycles. The van der Waals surface area contributed by atoms with Crippen LogP contribution < -0.4 is 4.74 Å². The summed E-state index contributed by atoms with van der Waals surface area (Å²) < 4.78 is 11.2. The molecule has 126 valence electrons. The maximum absolute atomic E-state index is 5.89. The molecule has 25 heavy (non-hydrogen) atoms. The molecule has 4 aromatic rings. The molecule has 0 spiro atoms. The summed E-state index contributed by atoms with van der Waals surface area (Å²) in [6, 6.07) is 7.48. The zero-order valence-electron chi connectivity index (χ0n) is 13.6. The molecule has 3 aromatic heterocycles. The first-order chi connectivity index (χ1) is 12.3. The highest BCUT2D eigenvalue weighted by atomic mass is 16.5. The van der Waals surface area contributed by atoms with Gasteiger partial charge in [0.2, 0.25) is 17.6 Å². The average Bonchev–Trinajstić information content (AvgIpc) is 3.30. The molecule has 4 rings (SSSR count). The van der Waals surface area contributed by atoms with Crippen molar-refractivity contribution >= 4 is 11.0 Å². The second-order valence-corrected chi connectivity index (χ2v) is 5.56. The van der Waals surface area contributed by atoms with Crippen LogP contribution in [0.1, 0.15) is 25.7 Å². The van der Waals surface area contributed by atoms with Crippen LogP contribution in [0.25, 0.3) is 22.4 Å². The summed E-state index contributed by atoms with van der Waals surface area (Å²) in [5, 5.41) is 11.5. The number of aromatic nitrogens is 6. The molecule has 8 nitrogen and oxygen atoms in total. The largest absolute Gasteiger partial charge is 0.438 e. The van der Waals surface area contributed by atoms with Crippen LogP contribution in [0.5, 0.6) is 11.6 Å². The molecule has 0 atom stereocenters. The summed E-state index contributed by atoms with van der Waals surface area (Å²) in [6.07, 6.45) is 5.97. The van der Waals surface area contributed by atoms with Gasteiger partial charge in [0.25, 0.3) is 0 Å². The minimum Gasteiger partial charge on any atom is -0.438 e. The summed E-state index contributed by atoms with van der Waals surface area (Å²) in [5.41, 5.74) is 1.45. The molecule has 0 fully saturated rings. The fourth-order valence-corrected chi connectivity index (χ4v) is 2.44. The van der Waals surface area contributed by atoms with Gasteiger partial charge in [-0.1, -0.05) is 30.6 Å². The van der Waals surface area contributed by atoms with E-state index in [0.29, 0.717) is 34.4 Å². The van der Waals surface area contributed by atoms with Crippen molar-refractivity contribution in [3.8, 4) is 23.0 Å². The number of rotatable bonds is 6. The van der Waals surface area contributed by atoms with E-state index in [9.17, 15) is 0 Å². The Morgan fingerprint density at radius 3 is 3.12 bits per heavy atom. The summed E-state index contributed by atoms with van der Waals surface area (Å²) >= 11 is 0. The third-order valence-electron chi connectivity index (χ3n) is 3.73. The van der Waals surface area contributed by atoms with Crippen molar-refractivity contribution in [2.45, 2.75) is 26.2 Å². The molecule has 0 radical (unpaired) electrons. The van der Waals surface area contributed by atoms with Gasteiger partial charge in [0.05, 0.1) is 6.20 Å². The molecule has 0 saturated heterocycles. The predicted molar refractivity (Wildman–Crippen MR) is 90.1 cm³/mol. The van der Waals surface area contributed by atoms with E-state index in [1.165, 1.54) is 6.33 Å². The number of aromatic amines is 1. The number of benzene rings is 1. The van der Waals surface area contributed by atoms with E-state index in [-0.39, 0.29) is 0 Å². The highest BCUT2D eigenvalue weighted by molar-refractivity contribution is 5.79. The van der Waals surface area contributed by atoms with E-state index in [1.54, 1.807) is 6.20 Å². The molecule has 0 aliphatic carbocycles. The number of H-pyrrole nitrogens is 1. The van der Waals surface area contributed by atoms with E-state index >= 15 is 0 Å². The van der Waals surface area contributed by atoms with Gasteiger partial charge < -0.3 is 9.26 Å². The Kier molecular flexibility index (Phi) is 4.07. The molecular weight excluding hydrogens is 320 g/mol. The van der Waals surface area contributed by atoms with Crippen LogP contribution in [0.4, 0.5) is 0 Å². The van der Waals surface area contributed by atoms with Crippen molar-refractivity contribution in [3.63, 3.8) is 0 Å². The number of nitrogens with one attached hydrogen (secondary N) is 1. The van der Waals surface area contributed by atoms with Crippen molar-refractivity contribution < 1.29 is 9.26 Å². The molecular formula is C17H16N6O2. The van der Waals surface area contributed by atoms with Gasteiger partial charge in [0.15, 0.2) is 5.65 Å². The van der Waals surface area contributed by atoms with Gasteiger partial charge in [-0.15, -0.1) is 0 Å². The van der Waals surface area contributed by atoms with Crippen molar-refractivity contribution in [2.24, 2.45) is 0 Å². The molecule has 8 heteroatoms. The lowest BCUT2D eigenvalue weighted by atomic mass is 10.2. The predicted octanol–water partition coefficient (Wildman–Crippen LogP) is 3.54. The Bertz CT molecular complexity index is 993.